The quantitative estimate of drug-likeness (QED) is 0.718. The Morgan fingerprint density at radius 2 is 1.84 bits per heavy atom. The van der Waals surface area contributed by atoms with E-state index in [1.54, 1.807) is 12.1 Å². The van der Waals surface area contributed by atoms with Gasteiger partial charge in [-0.2, -0.15) is 0 Å². The number of halogens is 1. The number of anilines is 1. The van der Waals surface area contributed by atoms with Crippen LogP contribution in [-0.4, -0.2) is 38.0 Å². The van der Waals surface area contributed by atoms with E-state index < -0.39 is 0 Å². The zero-order chi connectivity index (χ0) is 18.4. The number of benzene rings is 1. The van der Waals surface area contributed by atoms with Crippen LogP contribution in [0.5, 0.6) is 0 Å². The molecule has 0 bridgehead atoms. The van der Waals surface area contributed by atoms with Crippen molar-refractivity contribution in [3.63, 3.8) is 0 Å². The Labute approximate surface area is 155 Å². The molecule has 2 amide bonds. The molecule has 0 spiro atoms. The minimum Gasteiger partial charge on any atom is -0.348 e. The van der Waals surface area contributed by atoms with Gasteiger partial charge in [0.1, 0.15) is 0 Å². The highest BCUT2D eigenvalue weighted by Gasteiger charge is 2.28. The molecule has 138 valence electrons. The summed E-state index contributed by atoms with van der Waals surface area (Å²) < 4.78 is 0. The molecule has 2 rings (SSSR count). The number of carbonyl (C=O) groups is 2. The van der Waals surface area contributed by atoms with Gasteiger partial charge in [0.25, 0.3) is 11.8 Å². The van der Waals surface area contributed by atoms with Crippen molar-refractivity contribution < 1.29 is 14.5 Å². The molecule has 1 aromatic rings. The largest absolute Gasteiger partial charge is 0.348 e. The lowest BCUT2D eigenvalue weighted by Gasteiger charge is -2.34. The predicted octanol–water partition coefficient (Wildman–Crippen LogP) is 1.73. The third kappa shape index (κ3) is 6.01. The first kappa shape index (κ1) is 19.7. The van der Waals surface area contributed by atoms with Gasteiger partial charge in [0.15, 0.2) is 13.1 Å². The average Bonchev–Trinajstić information content (AvgIpc) is 2.53. The molecule has 1 aliphatic carbocycles. The van der Waals surface area contributed by atoms with Crippen LogP contribution in [0.3, 0.4) is 0 Å². The molecule has 3 N–H and O–H groups in total. The number of quaternary nitrogens is 1. The van der Waals surface area contributed by atoms with Crippen molar-refractivity contribution in [3.8, 4) is 0 Å². The topological polar surface area (TPSA) is 62.6 Å². The van der Waals surface area contributed by atoms with E-state index in [0.29, 0.717) is 22.5 Å². The molecule has 6 heteroatoms. The summed E-state index contributed by atoms with van der Waals surface area (Å²) in [5.74, 6) is 0.999. The summed E-state index contributed by atoms with van der Waals surface area (Å²) in [6, 6.07) is 7.37. The van der Waals surface area contributed by atoms with Gasteiger partial charge in [0.05, 0.1) is 17.8 Å². The fourth-order valence-electron chi connectivity index (χ4n) is 3.41. The van der Waals surface area contributed by atoms with Gasteiger partial charge in [0, 0.05) is 6.04 Å². The van der Waals surface area contributed by atoms with Crippen LogP contribution in [0.25, 0.3) is 0 Å². The van der Waals surface area contributed by atoms with Crippen LogP contribution >= 0.6 is 11.6 Å². The van der Waals surface area contributed by atoms with Crippen LogP contribution in [0, 0.1) is 11.8 Å². The number of likely N-dealkylation sites (N-methyl/N-ethyl adjacent to an activating group) is 1. The summed E-state index contributed by atoms with van der Waals surface area (Å²) >= 11 is 6.04. The van der Waals surface area contributed by atoms with E-state index >= 15 is 0 Å². The summed E-state index contributed by atoms with van der Waals surface area (Å²) in [5, 5.41) is 6.44. The Morgan fingerprint density at radius 1 is 1.16 bits per heavy atom. The highest BCUT2D eigenvalue weighted by Crippen LogP contribution is 2.29. The maximum Gasteiger partial charge on any atom is 0.279 e. The number of nitrogens with one attached hydrogen (secondary N) is 3. The summed E-state index contributed by atoms with van der Waals surface area (Å²) in [7, 11) is 1.85. The van der Waals surface area contributed by atoms with Crippen molar-refractivity contribution in [1.29, 1.82) is 0 Å². The number of carbonyl (C=O) groups excluding carboxylic acids is 2. The maximum absolute atomic E-state index is 12.3. The molecule has 4 atom stereocenters. The first-order chi connectivity index (χ1) is 11.9. The lowest BCUT2D eigenvalue weighted by molar-refractivity contribution is -0.862. The lowest BCUT2D eigenvalue weighted by atomic mass is 9.78. The van der Waals surface area contributed by atoms with Crippen LogP contribution in [0.1, 0.15) is 33.1 Å². The molecule has 1 unspecified atom stereocenters. The molecule has 0 saturated heterocycles. The number of hydrogen-bond acceptors (Lipinski definition) is 2. The number of para-hydroxylation sites is 1. The number of amides is 2. The normalized spacial score (nSPS) is 24.4. The van der Waals surface area contributed by atoms with E-state index in [-0.39, 0.29) is 30.9 Å². The lowest BCUT2D eigenvalue weighted by Crippen LogP contribution is -3.11. The first-order valence-electron chi connectivity index (χ1n) is 9.02. The highest BCUT2D eigenvalue weighted by molar-refractivity contribution is 6.33. The van der Waals surface area contributed by atoms with E-state index in [0.717, 1.165) is 11.3 Å². The fourth-order valence-corrected chi connectivity index (χ4v) is 3.59. The van der Waals surface area contributed by atoms with Crippen LogP contribution < -0.4 is 15.5 Å². The standard InChI is InChI=1S/C19H28ClN3O2/c1-13-7-6-10-16(14(13)2)21-18(24)11-23(3)12-19(25)22-17-9-5-4-8-15(17)20/h4-5,8-9,13-14,16H,6-7,10-12H2,1-3H3,(H,21,24)(H,22,25)/p+1/t13-,14+,16-/m0/s1. The Bertz CT molecular complexity index is 608. The molecule has 0 aromatic heterocycles. The highest BCUT2D eigenvalue weighted by atomic mass is 35.5. The summed E-state index contributed by atoms with van der Waals surface area (Å²) in [6.07, 6.45) is 3.45. The smallest absolute Gasteiger partial charge is 0.279 e. The Balaban J connectivity index is 1.77. The molecule has 1 saturated carbocycles. The van der Waals surface area contributed by atoms with Crippen molar-refractivity contribution in [1.82, 2.24) is 5.32 Å². The van der Waals surface area contributed by atoms with Crippen molar-refractivity contribution in [2.75, 3.05) is 25.5 Å². The number of hydrogen-bond donors (Lipinski definition) is 3. The summed E-state index contributed by atoms with van der Waals surface area (Å²) in [5.41, 5.74) is 0.594. The molecule has 1 fully saturated rings. The van der Waals surface area contributed by atoms with Crippen molar-refractivity contribution in [2.24, 2.45) is 11.8 Å². The van der Waals surface area contributed by atoms with Gasteiger partial charge in [0.2, 0.25) is 0 Å². The predicted molar refractivity (Wildman–Crippen MR) is 101 cm³/mol. The molecule has 0 heterocycles. The van der Waals surface area contributed by atoms with E-state index in [1.165, 1.54) is 12.8 Å². The summed E-state index contributed by atoms with van der Waals surface area (Å²) in [4.78, 5) is 25.2. The Morgan fingerprint density at radius 3 is 2.56 bits per heavy atom. The minimum atomic E-state index is -0.155. The molecule has 1 aliphatic rings. The zero-order valence-corrected chi connectivity index (χ0v) is 16.0. The third-order valence-electron chi connectivity index (χ3n) is 5.13. The number of rotatable bonds is 6. The van der Waals surface area contributed by atoms with Gasteiger partial charge >= 0.3 is 0 Å². The van der Waals surface area contributed by atoms with E-state index in [4.69, 9.17) is 11.6 Å². The monoisotopic (exact) mass is 366 g/mol. The van der Waals surface area contributed by atoms with E-state index in [2.05, 4.69) is 24.5 Å². The SMILES string of the molecule is C[C@H]1[C@@H](NC(=O)C[NH+](C)CC(=O)Nc2ccccc2Cl)CCC[C@@H]1C. The van der Waals surface area contributed by atoms with Gasteiger partial charge < -0.3 is 15.5 Å². The molecule has 5 nitrogen and oxygen atoms in total. The fraction of sp³-hybridized carbons (Fsp3) is 0.579. The van der Waals surface area contributed by atoms with Crippen molar-refractivity contribution >= 4 is 29.1 Å². The molecular formula is C19H29ClN3O2+. The maximum atomic E-state index is 12.3. The van der Waals surface area contributed by atoms with E-state index in [1.807, 2.05) is 19.2 Å². The van der Waals surface area contributed by atoms with Gasteiger partial charge in [-0.3, -0.25) is 9.59 Å². The van der Waals surface area contributed by atoms with Gasteiger partial charge in [-0.05, 0) is 30.4 Å². The van der Waals surface area contributed by atoms with Crippen molar-refractivity contribution in [3.05, 3.63) is 29.3 Å². The molecule has 0 radical (unpaired) electrons. The molecule has 0 aliphatic heterocycles. The van der Waals surface area contributed by atoms with Gasteiger partial charge in [-0.15, -0.1) is 0 Å². The van der Waals surface area contributed by atoms with Gasteiger partial charge in [-0.1, -0.05) is 50.4 Å². The van der Waals surface area contributed by atoms with E-state index in [9.17, 15) is 9.59 Å². The minimum absolute atomic E-state index is 0.00833. The second-order valence-corrected chi connectivity index (χ2v) is 7.69. The molecule has 1 aromatic carbocycles. The van der Waals surface area contributed by atoms with Crippen molar-refractivity contribution in [2.45, 2.75) is 39.2 Å². The summed E-state index contributed by atoms with van der Waals surface area (Å²) in [6.45, 7) is 4.96. The Hall–Kier alpha value is -1.59. The molecule has 25 heavy (non-hydrogen) atoms. The molecular weight excluding hydrogens is 338 g/mol. The zero-order valence-electron chi connectivity index (χ0n) is 15.3. The second kappa shape index (κ2) is 9.20. The first-order valence-corrected chi connectivity index (χ1v) is 9.39. The Kier molecular flexibility index (Phi) is 7.26. The van der Waals surface area contributed by atoms with Crippen LogP contribution in [0.4, 0.5) is 5.69 Å². The second-order valence-electron chi connectivity index (χ2n) is 7.28. The average molecular weight is 367 g/mol. The third-order valence-corrected chi connectivity index (χ3v) is 5.46. The van der Waals surface area contributed by atoms with Crippen LogP contribution in [-0.2, 0) is 9.59 Å². The van der Waals surface area contributed by atoms with Crippen LogP contribution in [0.15, 0.2) is 24.3 Å². The van der Waals surface area contributed by atoms with Crippen LogP contribution in [0.2, 0.25) is 5.02 Å². The van der Waals surface area contributed by atoms with Gasteiger partial charge in [-0.25, -0.2) is 0 Å².